The second-order valence-electron chi connectivity index (χ2n) is 25.2. The average molecular weight is 1130 g/mol. The van der Waals surface area contributed by atoms with Crippen LogP contribution >= 0.6 is 0 Å². The number of hydrogen-bond donors (Lipinski definition) is 0. The Morgan fingerprint density at radius 1 is 0.237 bits per heavy atom. The van der Waals surface area contributed by atoms with E-state index in [0.717, 1.165) is 57.8 Å². The summed E-state index contributed by atoms with van der Waals surface area (Å²) in [4.78, 5) is 38.4. The van der Waals surface area contributed by atoms with Crippen molar-refractivity contribution in [2.75, 3.05) is 13.2 Å². The number of unbranched alkanes of at least 4 members (excludes halogenated alkanes) is 56. The second kappa shape index (κ2) is 69.6. The SMILES string of the molecule is CCCCCCCCCC/C=C\CCCCCCCCCCCCCCCCCCCCCC(=O)OCC(COC(=O)CCCCCCCCCCCCCCCCC)OC(=O)CCCCCCCCCCCCCCCCCC. The van der Waals surface area contributed by atoms with E-state index in [1.165, 1.54) is 327 Å². The topological polar surface area (TPSA) is 78.9 Å². The van der Waals surface area contributed by atoms with E-state index < -0.39 is 6.10 Å². The van der Waals surface area contributed by atoms with Crippen LogP contribution in [-0.2, 0) is 28.6 Å². The highest BCUT2D eigenvalue weighted by Crippen LogP contribution is 2.19. The Bertz CT molecular complexity index is 1250. The van der Waals surface area contributed by atoms with Crippen molar-refractivity contribution in [2.24, 2.45) is 0 Å². The number of hydrogen-bond acceptors (Lipinski definition) is 6. The zero-order valence-electron chi connectivity index (χ0n) is 54.6. The fraction of sp³-hybridized carbons (Fsp3) is 0.932. The van der Waals surface area contributed by atoms with Gasteiger partial charge in [0.25, 0.3) is 0 Å². The lowest BCUT2D eigenvalue weighted by molar-refractivity contribution is -0.167. The zero-order valence-corrected chi connectivity index (χ0v) is 54.6. The zero-order chi connectivity index (χ0) is 57.8. The molecule has 474 valence electrons. The maximum absolute atomic E-state index is 12.9. The lowest BCUT2D eigenvalue weighted by Crippen LogP contribution is -2.30. The van der Waals surface area contributed by atoms with Crippen LogP contribution in [-0.4, -0.2) is 37.2 Å². The van der Waals surface area contributed by atoms with Crippen molar-refractivity contribution in [1.82, 2.24) is 0 Å². The first-order valence-electron chi connectivity index (χ1n) is 36.7. The molecule has 0 saturated heterocycles. The predicted octanol–water partition coefficient (Wildman–Crippen LogP) is 25.2. The first-order chi connectivity index (χ1) is 39.5. The standard InChI is InChI=1S/C74H142O6/c1-4-7-10-13-16-19-22-25-28-30-31-32-33-34-35-36-37-38-39-40-41-42-43-44-47-49-52-55-58-61-64-67-73(76)79-70-71(69-78-72(75)66-63-60-57-54-51-48-45-27-24-21-18-15-12-9-6-3)80-74(77)68-65-62-59-56-53-50-46-29-26-23-20-17-14-11-8-5-2/h30-31,71H,4-29,32-70H2,1-3H3/b31-30-. The molecule has 0 heterocycles. The van der Waals surface area contributed by atoms with Gasteiger partial charge in [-0.05, 0) is 44.9 Å². The molecule has 6 nitrogen and oxygen atoms in total. The minimum Gasteiger partial charge on any atom is -0.462 e. The van der Waals surface area contributed by atoms with Gasteiger partial charge in [0.2, 0.25) is 0 Å². The van der Waals surface area contributed by atoms with Gasteiger partial charge in [-0.1, -0.05) is 373 Å². The quantitative estimate of drug-likeness (QED) is 0.0261. The van der Waals surface area contributed by atoms with Crippen LogP contribution in [0, 0.1) is 0 Å². The third-order valence-corrected chi connectivity index (χ3v) is 17.0. The minimum absolute atomic E-state index is 0.0616. The number of ether oxygens (including phenoxy) is 3. The minimum atomic E-state index is -0.765. The highest BCUT2D eigenvalue weighted by molar-refractivity contribution is 5.71. The highest BCUT2D eigenvalue weighted by atomic mass is 16.6. The summed E-state index contributed by atoms with van der Waals surface area (Å²) < 4.78 is 17.0. The summed E-state index contributed by atoms with van der Waals surface area (Å²) in [5.74, 6) is -0.823. The fourth-order valence-corrected chi connectivity index (χ4v) is 11.5. The maximum atomic E-state index is 12.9. The molecule has 1 atom stereocenters. The molecule has 6 heteroatoms. The van der Waals surface area contributed by atoms with Gasteiger partial charge < -0.3 is 14.2 Å². The smallest absolute Gasteiger partial charge is 0.306 e. The molecule has 0 aromatic rings. The van der Waals surface area contributed by atoms with E-state index in [1.807, 2.05) is 0 Å². The lowest BCUT2D eigenvalue weighted by atomic mass is 10.0. The Morgan fingerprint density at radius 3 is 0.625 bits per heavy atom. The molecule has 0 radical (unpaired) electrons. The number of rotatable bonds is 69. The molecule has 1 unspecified atom stereocenters. The van der Waals surface area contributed by atoms with Crippen LogP contribution in [0.1, 0.15) is 425 Å². The third kappa shape index (κ3) is 66.9. The summed E-state index contributed by atoms with van der Waals surface area (Å²) >= 11 is 0. The molecule has 0 N–H and O–H groups in total. The van der Waals surface area contributed by atoms with Crippen molar-refractivity contribution in [2.45, 2.75) is 431 Å². The summed E-state index contributed by atoms with van der Waals surface area (Å²) in [6.07, 6.45) is 84.0. The van der Waals surface area contributed by atoms with Gasteiger partial charge in [-0.3, -0.25) is 14.4 Å². The predicted molar refractivity (Wildman–Crippen MR) is 349 cm³/mol. The summed E-state index contributed by atoms with van der Waals surface area (Å²) in [5, 5.41) is 0. The fourth-order valence-electron chi connectivity index (χ4n) is 11.5. The number of allylic oxidation sites excluding steroid dienone is 2. The maximum Gasteiger partial charge on any atom is 0.306 e. The Morgan fingerprint density at radius 2 is 0.412 bits per heavy atom. The molecule has 0 bridgehead atoms. The van der Waals surface area contributed by atoms with Crippen molar-refractivity contribution in [3.05, 3.63) is 12.2 Å². The summed E-state index contributed by atoms with van der Waals surface area (Å²) in [6, 6.07) is 0. The van der Waals surface area contributed by atoms with E-state index in [-0.39, 0.29) is 31.1 Å². The molecule has 0 fully saturated rings. The number of carbonyl (C=O) groups is 3. The molecule has 0 aromatic carbocycles. The van der Waals surface area contributed by atoms with Crippen LogP contribution in [0.4, 0.5) is 0 Å². The summed E-state index contributed by atoms with van der Waals surface area (Å²) in [5.41, 5.74) is 0. The van der Waals surface area contributed by atoms with Crippen LogP contribution in [0.3, 0.4) is 0 Å². The molecule has 0 rings (SSSR count). The molecule has 0 aromatic heterocycles. The number of esters is 3. The summed E-state index contributed by atoms with van der Waals surface area (Å²) in [7, 11) is 0. The molecule has 0 aliphatic rings. The van der Waals surface area contributed by atoms with E-state index in [9.17, 15) is 14.4 Å². The van der Waals surface area contributed by atoms with Crippen molar-refractivity contribution in [3.8, 4) is 0 Å². The van der Waals surface area contributed by atoms with Gasteiger partial charge in [-0.2, -0.15) is 0 Å². The summed E-state index contributed by atoms with van der Waals surface area (Å²) in [6.45, 7) is 6.73. The average Bonchev–Trinajstić information content (AvgIpc) is 3.46. The van der Waals surface area contributed by atoms with Crippen molar-refractivity contribution in [3.63, 3.8) is 0 Å². The molecule has 80 heavy (non-hydrogen) atoms. The molecule has 0 aliphatic carbocycles. The van der Waals surface area contributed by atoms with Crippen molar-refractivity contribution in [1.29, 1.82) is 0 Å². The largest absolute Gasteiger partial charge is 0.462 e. The van der Waals surface area contributed by atoms with Crippen molar-refractivity contribution < 1.29 is 28.6 Å². The number of carbonyl (C=O) groups excluding carboxylic acids is 3. The van der Waals surface area contributed by atoms with Crippen LogP contribution in [0.15, 0.2) is 12.2 Å². The Labute approximate surface area is 501 Å². The lowest BCUT2D eigenvalue weighted by Gasteiger charge is -2.18. The Hall–Kier alpha value is -1.85. The first-order valence-corrected chi connectivity index (χ1v) is 36.7. The van der Waals surface area contributed by atoms with Gasteiger partial charge in [0.05, 0.1) is 0 Å². The van der Waals surface area contributed by atoms with Crippen molar-refractivity contribution >= 4 is 17.9 Å². The van der Waals surface area contributed by atoms with Gasteiger partial charge in [-0.15, -0.1) is 0 Å². The van der Waals surface area contributed by atoms with E-state index in [4.69, 9.17) is 14.2 Å². The molecule has 0 amide bonds. The van der Waals surface area contributed by atoms with E-state index in [0.29, 0.717) is 19.3 Å². The Balaban J connectivity index is 4.12. The Kier molecular flexibility index (Phi) is 68.0. The van der Waals surface area contributed by atoms with Crippen LogP contribution in [0.5, 0.6) is 0 Å². The van der Waals surface area contributed by atoms with Gasteiger partial charge in [0.15, 0.2) is 6.10 Å². The molecule has 0 aliphatic heterocycles. The third-order valence-electron chi connectivity index (χ3n) is 17.0. The van der Waals surface area contributed by atoms with Gasteiger partial charge in [0.1, 0.15) is 13.2 Å². The normalized spacial score (nSPS) is 12.0. The molecule has 0 spiro atoms. The molecular weight excluding hydrogens is 985 g/mol. The van der Waals surface area contributed by atoms with Crippen LogP contribution in [0.25, 0.3) is 0 Å². The van der Waals surface area contributed by atoms with Crippen LogP contribution < -0.4 is 0 Å². The van der Waals surface area contributed by atoms with E-state index in [1.54, 1.807) is 0 Å². The van der Waals surface area contributed by atoms with Gasteiger partial charge >= 0.3 is 17.9 Å². The first kappa shape index (κ1) is 78.1. The van der Waals surface area contributed by atoms with E-state index >= 15 is 0 Å². The van der Waals surface area contributed by atoms with Gasteiger partial charge in [0, 0.05) is 19.3 Å². The highest BCUT2D eigenvalue weighted by Gasteiger charge is 2.20. The van der Waals surface area contributed by atoms with Gasteiger partial charge in [-0.25, -0.2) is 0 Å². The monoisotopic (exact) mass is 1130 g/mol. The van der Waals surface area contributed by atoms with Crippen LogP contribution in [0.2, 0.25) is 0 Å². The molecule has 0 saturated carbocycles. The molecular formula is C74H142O6. The van der Waals surface area contributed by atoms with E-state index in [2.05, 4.69) is 32.9 Å². The second-order valence-corrected chi connectivity index (χ2v) is 25.2.